The van der Waals surface area contributed by atoms with Crippen LogP contribution in [0.2, 0.25) is 0 Å². The van der Waals surface area contributed by atoms with Crippen LogP contribution >= 0.6 is 0 Å². The van der Waals surface area contributed by atoms with E-state index >= 15 is 0 Å². The highest BCUT2D eigenvalue weighted by atomic mass is 16.5. The maximum absolute atomic E-state index is 6.25. The Kier molecular flexibility index (Phi) is 4.85. The number of hydrogen-bond donors (Lipinski definition) is 1. The molecule has 4 nitrogen and oxygen atoms in total. The largest absolute Gasteiger partial charge is 0.465 e. The van der Waals surface area contributed by atoms with Crippen LogP contribution in [-0.2, 0) is 10.3 Å². The minimum Gasteiger partial charge on any atom is -0.465 e. The molecule has 150 valence electrons. The van der Waals surface area contributed by atoms with Crippen LogP contribution in [0, 0.1) is 0 Å². The molecule has 1 N–H and O–H groups in total. The van der Waals surface area contributed by atoms with Gasteiger partial charge in [0.15, 0.2) is 0 Å². The molecule has 0 aromatic heterocycles. The standard InChI is InChI=1S/C26H24N2O2/c1-26(20-12-6-3-7-13-20)25(19-10-4-2-5-11-19)27-24(28-26)18-30-23-16-17-29-22-15-9-8-14-21(22)23/h2-17,23,25H,18H2,1H3,(H,27,28). The molecule has 0 bridgehead atoms. The average molecular weight is 396 g/mol. The number of nitrogens with one attached hydrogen (secondary N) is 1. The van der Waals surface area contributed by atoms with Gasteiger partial charge < -0.3 is 14.8 Å². The molecule has 0 spiro atoms. The van der Waals surface area contributed by atoms with Gasteiger partial charge in [-0.2, -0.15) is 0 Å². The maximum Gasteiger partial charge on any atom is 0.132 e. The van der Waals surface area contributed by atoms with E-state index in [1.807, 2.05) is 42.5 Å². The van der Waals surface area contributed by atoms with E-state index in [0.29, 0.717) is 6.61 Å². The fourth-order valence-electron chi connectivity index (χ4n) is 4.24. The Bertz CT molecular complexity index is 1080. The SMILES string of the molecule is CC1(c2ccccc2)NC(COC2C=COc3ccccc32)=NC1c1ccccc1. The lowest BCUT2D eigenvalue weighted by molar-refractivity contribution is 0.109. The van der Waals surface area contributed by atoms with Crippen molar-refractivity contribution in [3.8, 4) is 5.75 Å². The number of benzene rings is 3. The van der Waals surface area contributed by atoms with Crippen molar-refractivity contribution in [1.82, 2.24) is 5.32 Å². The van der Waals surface area contributed by atoms with Crippen LogP contribution in [0.25, 0.3) is 0 Å². The zero-order chi connectivity index (χ0) is 20.4. The number of fused-ring (bicyclic) bond motifs is 1. The zero-order valence-electron chi connectivity index (χ0n) is 16.9. The third-order valence-electron chi connectivity index (χ3n) is 5.80. The summed E-state index contributed by atoms with van der Waals surface area (Å²) < 4.78 is 11.8. The topological polar surface area (TPSA) is 42.8 Å². The lowest BCUT2D eigenvalue weighted by Gasteiger charge is -2.32. The first-order valence-corrected chi connectivity index (χ1v) is 10.2. The minimum atomic E-state index is -0.343. The molecular weight excluding hydrogens is 372 g/mol. The van der Waals surface area contributed by atoms with E-state index in [0.717, 1.165) is 17.1 Å². The number of nitrogens with zero attached hydrogens (tertiary/aromatic N) is 1. The molecule has 3 atom stereocenters. The number of para-hydroxylation sites is 1. The Morgan fingerprint density at radius 1 is 0.933 bits per heavy atom. The van der Waals surface area contributed by atoms with Crippen LogP contribution < -0.4 is 10.1 Å². The van der Waals surface area contributed by atoms with Crippen LogP contribution in [-0.4, -0.2) is 12.4 Å². The summed E-state index contributed by atoms with van der Waals surface area (Å²) in [5, 5.41) is 3.67. The van der Waals surface area contributed by atoms with E-state index in [1.54, 1.807) is 6.26 Å². The number of amidine groups is 1. The summed E-state index contributed by atoms with van der Waals surface area (Å²) in [6.07, 6.45) is 3.47. The van der Waals surface area contributed by atoms with Crippen LogP contribution in [0.15, 0.2) is 102 Å². The molecule has 30 heavy (non-hydrogen) atoms. The van der Waals surface area contributed by atoms with Gasteiger partial charge in [0.05, 0.1) is 11.8 Å². The van der Waals surface area contributed by atoms with Crippen molar-refractivity contribution >= 4 is 5.84 Å². The summed E-state index contributed by atoms with van der Waals surface area (Å²) in [6, 6.07) is 28.9. The van der Waals surface area contributed by atoms with Gasteiger partial charge in [-0.3, -0.25) is 4.99 Å². The highest BCUT2D eigenvalue weighted by Gasteiger charge is 2.42. The molecule has 0 fully saturated rings. The fraction of sp³-hybridized carbons (Fsp3) is 0.192. The number of ether oxygens (including phenoxy) is 2. The smallest absolute Gasteiger partial charge is 0.132 e. The van der Waals surface area contributed by atoms with Crippen LogP contribution in [0.4, 0.5) is 0 Å². The van der Waals surface area contributed by atoms with Gasteiger partial charge in [0.2, 0.25) is 0 Å². The monoisotopic (exact) mass is 396 g/mol. The van der Waals surface area contributed by atoms with Crippen molar-refractivity contribution in [3.63, 3.8) is 0 Å². The number of aliphatic imine (C=N–C) groups is 1. The molecule has 4 heteroatoms. The van der Waals surface area contributed by atoms with Crippen molar-refractivity contribution in [1.29, 1.82) is 0 Å². The summed E-state index contributed by atoms with van der Waals surface area (Å²) in [4.78, 5) is 5.05. The van der Waals surface area contributed by atoms with E-state index < -0.39 is 0 Å². The lowest BCUT2D eigenvalue weighted by Crippen LogP contribution is -2.42. The van der Waals surface area contributed by atoms with Crippen LogP contribution in [0.3, 0.4) is 0 Å². The van der Waals surface area contributed by atoms with Crippen molar-refractivity contribution in [3.05, 3.63) is 114 Å². The molecule has 2 heterocycles. The molecule has 3 unspecified atom stereocenters. The first-order chi connectivity index (χ1) is 14.7. The Morgan fingerprint density at radius 2 is 1.63 bits per heavy atom. The Balaban J connectivity index is 1.41. The van der Waals surface area contributed by atoms with Crippen LogP contribution in [0.5, 0.6) is 5.75 Å². The predicted molar refractivity (Wildman–Crippen MR) is 118 cm³/mol. The first-order valence-electron chi connectivity index (χ1n) is 10.2. The summed E-state index contributed by atoms with van der Waals surface area (Å²) >= 11 is 0. The van der Waals surface area contributed by atoms with Gasteiger partial charge >= 0.3 is 0 Å². The molecule has 2 aliphatic rings. The van der Waals surface area contributed by atoms with Gasteiger partial charge in [-0.05, 0) is 30.2 Å². The van der Waals surface area contributed by atoms with E-state index in [1.165, 1.54) is 11.1 Å². The third-order valence-corrected chi connectivity index (χ3v) is 5.80. The maximum atomic E-state index is 6.25. The van der Waals surface area contributed by atoms with Crippen molar-refractivity contribution < 1.29 is 9.47 Å². The van der Waals surface area contributed by atoms with Crippen molar-refractivity contribution in [2.75, 3.05) is 6.61 Å². The molecular formula is C26H24N2O2. The summed E-state index contributed by atoms with van der Waals surface area (Å²) in [6.45, 7) is 2.61. The minimum absolute atomic E-state index is 0.0304. The lowest BCUT2D eigenvalue weighted by atomic mass is 9.82. The summed E-state index contributed by atoms with van der Waals surface area (Å²) in [7, 11) is 0. The molecule has 3 aromatic carbocycles. The number of rotatable bonds is 5. The molecule has 0 aliphatic carbocycles. The Labute approximate surface area is 176 Å². The van der Waals surface area contributed by atoms with Crippen LogP contribution in [0.1, 0.15) is 35.8 Å². The second-order valence-corrected chi connectivity index (χ2v) is 7.80. The summed E-state index contributed by atoms with van der Waals surface area (Å²) in [5.41, 5.74) is 3.07. The molecule has 0 saturated carbocycles. The highest BCUT2D eigenvalue weighted by molar-refractivity contribution is 5.87. The summed E-state index contributed by atoms with van der Waals surface area (Å²) in [5.74, 6) is 1.69. The fourth-order valence-corrected chi connectivity index (χ4v) is 4.24. The second kappa shape index (κ2) is 7.81. The van der Waals surface area contributed by atoms with Gasteiger partial charge in [0.25, 0.3) is 0 Å². The van der Waals surface area contributed by atoms with E-state index in [9.17, 15) is 0 Å². The number of hydrogen-bond acceptors (Lipinski definition) is 4. The molecule has 0 amide bonds. The van der Waals surface area contributed by atoms with Gasteiger partial charge in [-0.15, -0.1) is 0 Å². The normalized spacial score (nSPS) is 24.5. The molecule has 0 radical (unpaired) electrons. The van der Waals surface area contributed by atoms with Crippen molar-refractivity contribution in [2.45, 2.75) is 24.6 Å². The van der Waals surface area contributed by atoms with E-state index in [-0.39, 0.29) is 17.7 Å². The molecule has 0 saturated heterocycles. The zero-order valence-corrected chi connectivity index (χ0v) is 16.9. The van der Waals surface area contributed by atoms with E-state index in [4.69, 9.17) is 14.5 Å². The Hall–Kier alpha value is -3.37. The third kappa shape index (κ3) is 3.40. The van der Waals surface area contributed by atoms with Gasteiger partial charge in [-0.25, -0.2) is 0 Å². The molecule has 5 rings (SSSR count). The predicted octanol–water partition coefficient (Wildman–Crippen LogP) is 5.31. The first kappa shape index (κ1) is 18.6. The quantitative estimate of drug-likeness (QED) is 0.636. The van der Waals surface area contributed by atoms with Crippen molar-refractivity contribution in [2.24, 2.45) is 4.99 Å². The molecule has 3 aromatic rings. The van der Waals surface area contributed by atoms with Gasteiger partial charge in [0.1, 0.15) is 30.3 Å². The van der Waals surface area contributed by atoms with Gasteiger partial charge in [0, 0.05) is 5.56 Å². The Morgan fingerprint density at radius 3 is 2.43 bits per heavy atom. The second-order valence-electron chi connectivity index (χ2n) is 7.80. The average Bonchev–Trinajstić information content (AvgIpc) is 3.16. The molecule has 2 aliphatic heterocycles. The highest BCUT2D eigenvalue weighted by Crippen LogP contribution is 2.41. The van der Waals surface area contributed by atoms with Gasteiger partial charge in [-0.1, -0.05) is 78.9 Å². The van der Waals surface area contributed by atoms with E-state index in [2.05, 4.69) is 60.8 Å².